The molecule has 0 aliphatic heterocycles. The number of aryl methyl sites for hydroxylation is 2. The Hall–Kier alpha value is -3.34. The first-order valence-corrected chi connectivity index (χ1v) is 10.0. The van der Waals surface area contributed by atoms with E-state index in [0.29, 0.717) is 12.4 Å². The van der Waals surface area contributed by atoms with Gasteiger partial charge in [-0.3, -0.25) is 0 Å². The van der Waals surface area contributed by atoms with Crippen LogP contribution in [0, 0.1) is 0 Å². The molecule has 5 nitrogen and oxygen atoms in total. The maximum atomic E-state index is 11.3. The zero-order valence-electron chi connectivity index (χ0n) is 17.2. The minimum Gasteiger partial charge on any atom is -0.490 e. The molecule has 0 aliphatic carbocycles. The predicted molar refractivity (Wildman–Crippen MR) is 117 cm³/mol. The van der Waals surface area contributed by atoms with Crippen molar-refractivity contribution in [3.63, 3.8) is 0 Å². The molecule has 0 atom stereocenters. The molecule has 5 heteroatoms. The average Bonchev–Trinajstić information content (AvgIpc) is 2.76. The van der Waals surface area contributed by atoms with E-state index in [2.05, 4.69) is 19.2 Å². The normalized spacial score (nSPS) is 10.1. The van der Waals surface area contributed by atoms with Crippen LogP contribution in [0.3, 0.4) is 0 Å². The van der Waals surface area contributed by atoms with Gasteiger partial charge in [0.25, 0.3) is 0 Å². The second kappa shape index (κ2) is 13.0. The summed E-state index contributed by atoms with van der Waals surface area (Å²) in [4.78, 5) is 22.3. The minimum atomic E-state index is -0.448. The van der Waals surface area contributed by atoms with Crippen LogP contribution in [0.2, 0.25) is 0 Å². The lowest BCUT2D eigenvalue weighted by molar-refractivity contribution is -0.138. The maximum absolute atomic E-state index is 11.3. The maximum Gasteiger partial charge on any atom is 0.335 e. The van der Waals surface area contributed by atoms with Crippen molar-refractivity contribution in [1.29, 1.82) is 0 Å². The lowest BCUT2D eigenvalue weighted by Gasteiger charge is -2.08. The van der Waals surface area contributed by atoms with Crippen LogP contribution in [0.5, 0.6) is 11.5 Å². The number of rotatable bonds is 13. The van der Waals surface area contributed by atoms with E-state index in [1.165, 1.54) is 5.56 Å². The molecule has 0 saturated heterocycles. The summed E-state index contributed by atoms with van der Waals surface area (Å²) in [7, 11) is 0. The quantitative estimate of drug-likeness (QED) is 0.205. The van der Waals surface area contributed by atoms with E-state index >= 15 is 0 Å². The number of hydrogen-bond donors (Lipinski definition) is 0. The summed E-state index contributed by atoms with van der Waals surface area (Å²) in [6.45, 7) is 7.26. The molecule has 0 heterocycles. The second-order valence-electron chi connectivity index (χ2n) is 6.70. The van der Waals surface area contributed by atoms with Crippen LogP contribution in [-0.4, -0.2) is 25.2 Å². The number of hydrogen-bond acceptors (Lipinski definition) is 5. The van der Waals surface area contributed by atoms with Gasteiger partial charge in [0.15, 0.2) is 0 Å². The Balaban J connectivity index is 1.67. The molecule has 0 N–H and O–H groups in total. The molecule has 2 aromatic rings. The van der Waals surface area contributed by atoms with Gasteiger partial charge in [-0.15, -0.1) is 0 Å². The van der Waals surface area contributed by atoms with Crippen molar-refractivity contribution in [2.24, 2.45) is 0 Å². The number of carbonyl (C=O) groups is 2. The Kier molecular flexibility index (Phi) is 9.93. The molecule has 0 aliphatic rings. The van der Waals surface area contributed by atoms with E-state index in [1.807, 2.05) is 36.4 Å². The molecule has 2 rings (SSSR count). The Morgan fingerprint density at radius 3 is 2.00 bits per heavy atom. The van der Waals surface area contributed by atoms with E-state index in [1.54, 1.807) is 6.07 Å². The van der Waals surface area contributed by atoms with Gasteiger partial charge < -0.3 is 14.2 Å². The first-order chi connectivity index (χ1) is 14.6. The molecule has 0 fully saturated rings. The summed E-state index contributed by atoms with van der Waals surface area (Å²) >= 11 is 0. The van der Waals surface area contributed by atoms with Gasteiger partial charge in [-0.25, -0.2) is 9.59 Å². The zero-order chi connectivity index (χ0) is 21.6. The van der Waals surface area contributed by atoms with Crippen LogP contribution in [0.1, 0.15) is 30.4 Å². The van der Waals surface area contributed by atoms with E-state index in [-0.39, 0.29) is 6.61 Å². The van der Waals surface area contributed by atoms with Gasteiger partial charge in [0.05, 0.1) is 0 Å². The molecular formula is C25H28O5. The Morgan fingerprint density at radius 2 is 1.37 bits per heavy atom. The lowest BCUT2D eigenvalue weighted by atomic mass is 10.0. The van der Waals surface area contributed by atoms with Gasteiger partial charge in [-0.1, -0.05) is 43.8 Å². The molecule has 0 aromatic heterocycles. The van der Waals surface area contributed by atoms with Crippen molar-refractivity contribution in [3.8, 4) is 11.5 Å². The molecule has 2 aromatic carbocycles. The van der Waals surface area contributed by atoms with Gasteiger partial charge in [0.2, 0.25) is 0 Å². The van der Waals surface area contributed by atoms with Crippen LogP contribution >= 0.6 is 0 Å². The minimum absolute atomic E-state index is 0.197. The monoisotopic (exact) mass is 408 g/mol. The summed E-state index contributed by atoms with van der Waals surface area (Å²) in [5.74, 6) is 0.425. The number of carbonyl (C=O) groups excluding carboxylic acids is 2. The number of benzene rings is 2. The van der Waals surface area contributed by atoms with E-state index in [4.69, 9.17) is 14.2 Å². The third-order valence-corrected chi connectivity index (χ3v) is 4.38. The number of unbranched alkanes of at least 4 members (excludes halogenated alkanes) is 2. The second-order valence-corrected chi connectivity index (χ2v) is 6.70. The molecule has 0 spiro atoms. The number of ether oxygens (including phenoxy) is 3. The molecule has 158 valence electrons. The molecular weight excluding hydrogens is 380 g/mol. The zero-order valence-corrected chi connectivity index (χ0v) is 17.2. The van der Waals surface area contributed by atoms with Crippen LogP contribution in [0.15, 0.2) is 73.8 Å². The first-order valence-electron chi connectivity index (χ1n) is 10.0. The third-order valence-electron chi connectivity index (χ3n) is 4.38. The third kappa shape index (κ3) is 8.78. The van der Waals surface area contributed by atoms with E-state index in [9.17, 15) is 9.59 Å². The summed E-state index contributed by atoms with van der Waals surface area (Å²) < 4.78 is 15.7. The Bertz CT molecular complexity index is 856. The summed E-state index contributed by atoms with van der Waals surface area (Å²) in [6, 6.07) is 15.6. The van der Waals surface area contributed by atoms with Gasteiger partial charge in [-0.2, -0.15) is 0 Å². The fourth-order valence-corrected chi connectivity index (χ4v) is 2.91. The van der Waals surface area contributed by atoms with Crippen molar-refractivity contribution in [2.75, 3.05) is 13.2 Å². The summed E-state index contributed by atoms with van der Waals surface area (Å²) in [5.41, 5.74) is 2.37. The van der Waals surface area contributed by atoms with Crippen molar-refractivity contribution in [1.82, 2.24) is 0 Å². The molecule has 0 bridgehead atoms. The lowest BCUT2D eigenvalue weighted by Crippen LogP contribution is -2.10. The van der Waals surface area contributed by atoms with Crippen molar-refractivity contribution >= 4 is 11.9 Å². The van der Waals surface area contributed by atoms with E-state index < -0.39 is 11.9 Å². The fourth-order valence-electron chi connectivity index (χ4n) is 2.91. The molecule has 30 heavy (non-hydrogen) atoms. The summed E-state index contributed by atoms with van der Waals surface area (Å²) in [6.07, 6.45) is 7.43. The highest BCUT2D eigenvalue weighted by Crippen LogP contribution is 2.18. The molecule has 0 saturated carbocycles. The molecule has 0 amide bonds. The van der Waals surface area contributed by atoms with Crippen LogP contribution in [0.4, 0.5) is 0 Å². The molecule has 0 radical (unpaired) electrons. The Morgan fingerprint density at radius 1 is 0.767 bits per heavy atom. The smallest absolute Gasteiger partial charge is 0.335 e. The SMILES string of the molecule is C=CC(=O)OCCOc1cccc(CCCCCc2cccc(OC(=O)C=C)c2)c1. The average molecular weight is 408 g/mol. The van der Waals surface area contributed by atoms with Gasteiger partial charge in [-0.05, 0) is 61.1 Å². The fraction of sp³-hybridized carbons (Fsp3) is 0.280. The predicted octanol–water partition coefficient (Wildman–Crippen LogP) is 4.84. The van der Waals surface area contributed by atoms with E-state index in [0.717, 1.165) is 55.6 Å². The van der Waals surface area contributed by atoms with Crippen molar-refractivity contribution < 1.29 is 23.8 Å². The van der Waals surface area contributed by atoms with Crippen LogP contribution in [-0.2, 0) is 27.2 Å². The largest absolute Gasteiger partial charge is 0.490 e. The number of esters is 2. The van der Waals surface area contributed by atoms with Crippen molar-refractivity contribution in [2.45, 2.75) is 32.1 Å². The standard InChI is InChI=1S/C25H28O5/c1-3-24(26)29-17-16-28-22-14-8-12-20(18-22)10-6-5-7-11-21-13-9-15-23(19-21)30-25(27)4-2/h3-4,8-9,12-15,18-19H,1-2,5-7,10-11,16-17H2. The van der Waals surface area contributed by atoms with Gasteiger partial charge >= 0.3 is 11.9 Å². The highest BCUT2D eigenvalue weighted by molar-refractivity contribution is 5.83. The highest BCUT2D eigenvalue weighted by atomic mass is 16.6. The first kappa shape index (κ1) is 22.9. The highest BCUT2D eigenvalue weighted by Gasteiger charge is 2.03. The topological polar surface area (TPSA) is 61.8 Å². The Labute approximate surface area is 178 Å². The van der Waals surface area contributed by atoms with Crippen molar-refractivity contribution in [3.05, 3.63) is 85.0 Å². The summed E-state index contributed by atoms with van der Waals surface area (Å²) in [5, 5.41) is 0. The van der Waals surface area contributed by atoms with Crippen LogP contribution < -0.4 is 9.47 Å². The molecule has 0 unspecified atom stereocenters. The van der Waals surface area contributed by atoms with Gasteiger partial charge in [0.1, 0.15) is 24.7 Å². The van der Waals surface area contributed by atoms with Crippen LogP contribution in [0.25, 0.3) is 0 Å². The van der Waals surface area contributed by atoms with Gasteiger partial charge in [0, 0.05) is 12.2 Å².